The van der Waals surface area contributed by atoms with Gasteiger partial charge >= 0.3 is 0 Å². The van der Waals surface area contributed by atoms with Gasteiger partial charge in [-0.1, -0.05) is 24.8 Å². The minimum absolute atomic E-state index is 0.0606. The number of fused-ring (bicyclic) bond motifs is 1. The third-order valence-corrected chi connectivity index (χ3v) is 4.09. The van der Waals surface area contributed by atoms with Gasteiger partial charge in [0.1, 0.15) is 24.7 Å². The lowest BCUT2D eigenvalue weighted by atomic mass is 10.1. The third-order valence-electron chi connectivity index (χ3n) is 4.09. The van der Waals surface area contributed by atoms with E-state index in [1.54, 1.807) is 43.5 Å². The highest BCUT2D eigenvalue weighted by molar-refractivity contribution is 6.10. The highest BCUT2D eigenvalue weighted by atomic mass is 16.5. The normalized spacial score (nSPS) is 12.7. The maximum Gasteiger partial charge on any atom is 0.259 e. The summed E-state index contributed by atoms with van der Waals surface area (Å²) < 4.78 is 10.6. The zero-order valence-electron chi connectivity index (χ0n) is 14.5. The van der Waals surface area contributed by atoms with E-state index < -0.39 is 0 Å². The number of carbonyl (C=O) groups is 2. The minimum atomic E-state index is -0.259. The summed E-state index contributed by atoms with van der Waals surface area (Å²) >= 11 is 0. The van der Waals surface area contributed by atoms with Gasteiger partial charge in [-0.2, -0.15) is 0 Å². The monoisotopic (exact) mass is 352 g/mol. The summed E-state index contributed by atoms with van der Waals surface area (Å²) in [5.74, 6) is 0.988. The largest absolute Gasteiger partial charge is 0.497 e. The molecule has 3 rings (SSSR count). The Balaban J connectivity index is 1.45. The van der Waals surface area contributed by atoms with E-state index in [2.05, 4.69) is 11.9 Å². The molecule has 0 saturated heterocycles. The number of carbonyl (C=O) groups excluding carboxylic acids is 2. The number of rotatable bonds is 7. The number of methoxy groups -OCH3 is 1. The van der Waals surface area contributed by atoms with Crippen molar-refractivity contribution in [1.82, 2.24) is 10.2 Å². The van der Waals surface area contributed by atoms with Gasteiger partial charge in [-0.05, 0) is 30.3 Å². The second-order valence-electron chi connectivity index (χ2n) is 5.76. The molecular weight excluding hydrogens is 332 g/mol. The maximum atomic E-state index is 12.4. The molecule has 0 aliphatic carbocycles. The van der Waals surface area contributed by atoms with E-state index in [1.165, 1.54) is 4.90 Å². The Morgan fingerprint density at radius 1 is 1.08 bits per heavy atom. The third kappa shape index (κ3) is 3.69. The van der Waals surface area contributed by atoms with Crippen molar-refractivity contribution >= 4 is 17.5 Å². The van der Waals surface area contributed by atoms with Gasteiger partial charge in [-0.3, -0.25) is 14.5 Å². The van der Waals surface area contributed by atoms with E-state index >= 15 is 0 Å². The van der Waals surface area contributed by atoms with Crippen LogP contribution in [-0.2, 0) is 4.79 Å². The lowest BCUT2D eigenvalue weighted by Gasteiger charge is -2.17. The fraction of sp³-hybridized carbons (Fsp3) is 0.200. The molecular formula is C20H20N2O4. The first kappa shape index (κ1) is 17.5. The zero-order valence-corrected chi connectivity index (χ0v) is 14.5. The number of nitrogens with zero attached hydrogens (tertiary/aromatic N) is 1. The van der Waals surface area contributed by atoms with Crippen molar-refractivity contribution in [1.29, 1.82) is 0 Å². The Morgan fingerprint density at radius 3 is 2.38 bits per heavy atom. The molecule has 0 spiro atoms. The highest BCUT2D eigenvalue weighted by Gasteiger charge is 2.31. The molecule has 0 fully saturated rings. The van der Waals surface area contributed by atoms with Crippen LogP contribution in [0.5, 0.6) is 11.5 Å². The zero-order chi connectivity index (χ0) is 18.5. The van der Waals surface area contributed by atoms with Gasteiger partial charge in [0.05, 0.1) is 13.7 Å². The second-order valence-corrected chi connectivity index (χ2v) is 5.76. The topological polar surface area (TPSA) is 67.9 Å². The summed E-state index contributed by atoms with van der Waals surface area (Å²) in [4.78, 5) is 25.9. The van der Waals surface area contributed by atoms with Gasteiger partial charge in [0.2, 0.25) is 5.91 Å². The van der Waals surface area contributed by atoms with Crippen molar-refractivity contribution in [3.05, 3.63) is 66.2 Å². The molecule has 2 aromatic rings. The first-order chi connectivity index (χ1) is 12.6. The Bertz CT molecular complexity index is 795. The van der Waals surface area contributed by atoms with Crippen LogP contribution in [0.3, 0.4) is 0 Å². The molecule has 134 valence electrons. The van der Waals surface area contributed by atoms with Gasteiger partial charge < -0.3 is 14.8 Å². The minimum Gasteiger partial charge on any atom is -0.497 e. The molecule has 0 radical (unpaired) electrons. The number of hydrogen-bond donors (Lipinski definition) is 1. The lowest BCUT2D eigenvalue weighted by Crippen LogP contribution is -2.38. The molecule has 0 atom stereocenters. The Hall–Kier alpha value is -3.28. The van der Waals surface area contributed by atoms with Gasteiger partial charge in [-0.25, -0.2) is 0 Å². The van der Waals surface area contributed by atoms with Crippen molar-refractivity contribution in [2.75, 3.05) is 26.8 Å². The smallest absolute Gasteiger partial charge is 0.259 e. The predicted octanol–water partition coefficient (Wildman–Crippen LogP) is 2.32. The fourth-order valence-corrected chi connectivity index (χ4v) is 2.73. The van der Waals surface area contributed by atoms with Crippen LogP contribution in [0.1, 0.15) is 15.9 Å². The van der Waals surface area contributed by atoms with Crippen LogP contribution in [0, 0.1) is 0 Å². The molecule has 0 bridgehead atoms. The molecule has 0 saturated carbocycles. The van der Waals surface area contributed by atoms with Crippen LogP contribution in [0.2, 0.25) is 0 Å². The summed E-state index contributed by atoms with van der Waals surface area (Å²) in [7, 11) is 1.60. The van der Waals surface area contributed by atoms with Crippen LogP contribution in [0.25, 0.3) is 5.70 Å². The summed E-state index contributed by atoms with van der Waals surface area (Å²) in [6, 6.07) is 14.4. The van der Waals surface area contributed by atoms with Gasteiger partial charge in [0.15, 0.2) is 0 Å². The molecule has 2 amide bonds. The number of benzene rings is 2. The highest BCUT2D eigenvalue weighted by Crippen LogP contribution is 2.30. The molecule has 1 aliphatic heterocycles. The molecule has 2 aromatic carbocycles. The molecule has 1 N–H and O–H groups in total. The van der Waals surface area contributed by atoms with Gasteiger partial charge in [-0.15, -0.1) is 0 Å². The molecule has 6 nitrogen and oxygen atoms in total. The summed E-state index contributed by atoms with van der Waals surface area (Å²) in [5.41, 5.74) is 1.90. The van der Waals surface area contributed by atoms with E-state index in [1.807, 2.05) is 12.1 Å². The van der Waals surface area contributed by atoms with Gasteiger partial charge in [0, 0.05) is 16.8 Å². The Labute approximate surface area is 152 Å². The number of hydrogen-bond acceptors (Lipinski definition) is 4. The van der Waals surface area contributed by atoms with E-state index in [-0.39, 0.29) is 18.4 Å². The fourth-order valence-electron chi connectivity index (χ4n) is 2.73. The number of nitrogens with one attached hydrogen (secondary N) is 1. The molecule has 0 aromatic heterocycles. The SMILES string of the molecule is C=C1c2ccccc2C(=O)N1CC(=O)NCCOc1ccc(OC)cc1. The van der Waals surface area contributed by atoms with Crippen molar-refractivity contribution in [3.63, 3.8) is 0 Å². The predicted molar refractivity (Wildman–Crippen MR) is 98.0 cm³/mol. The average molecular weight is 352 g/mol. The standard InChI is InChI=1S/C20H20N2O4/c1-14-17-5-3-4-6-18(17)20(24)22(14)13-19(23)21-11-12-26-16-9-7-15(25-2)8-10-16/h3-10H,1,11-13H2,2H3,(H,21,23). The van der Waals surface area contributed by atoms with E-state index in [0.29, 0.717) is 30.2 Å². The molecule has 1 aliphatic rings. The average Bonchev–Trinajstić information content (AvgIpc) is 2.91. The van der Waals surface area contributed by atoms with E-state index in [9.17, 15) is 9.59 Å². The Morgan fingerprint density at radius 2 is 1.73 bits per heavy atom. The van der Waals surface area contributed by atoms with Crippen molar-refractivity contribution in [3.8, 4) is 11.5 Å². The molecule has 6 heteroatoms. The summed E-state index contributed by atoms with van der Waals surface area (Å²) in [6.45, 7) is 4.53. The van der Waals surface area contributed by atoms with E-state index in [4.69, 9.17) is 9.47 Å². The van der Waals surface area contributed by atoms with Crippen molar-refractivity contribution in [2.45, 2.75) is 0 Å². The van der Waals surface area contributed by atoms with Gasteiger partial charge in [0.25, 0.3) is 5.91 Å². The van der Waals surface area contributed by atoms with Crippen LogP contribution in [0.15, 0.2) is 55.1 Å². The van der Waals surface area contributed by atoms with Crippen LogP contribution in [-0.4, -0.2) is 43.5 Å². The van der Waals surface area contributed by atoms with E-state index in [0.717, 1.165) is 11.3 Å². The summed E-state index contributed by atoms with van der Waals surface area (Å²) in [5, 5.41) is 2.75. The Kier molecular flexibility index (Phi) is 5.22. The second kappa shape index (κ2) is 7.74. The van der Waals surface area contributed by atoms with Crippen LogP contribution < -0.4 is 14.8 Å². The van der Waals surface area contributed by atoms with Crippen LogP contribution >= 0.6 is 0 Å². The molecule has 0 unspecified atom stereocenters. The summed E-state index contributed by atoms with van der Waals surface area (Å²) in [6.07, 6.45) is 0. The molecule has 1 heterocycles. The van der Waals surface area contributed by atoms with Crippen LogP contribution in [0.4, 0.5) is 0 Å². The first-order valence-corrected chi connectivity index (χ1v) is 8.24. The first-order valence-electron chi connectivity index (χ1n) is 8.24. The van der Waals surface area contributed by atoms with Crippen molar-refractivity contribution < 1.29 is 19.1 Å². The quantitative estimate of drug-likeness (QED) is 0.777. The molecule has 26 heavy (non-hydrogen) atoms. The van der Waals surface area contributed by atoms with Crippen molar-refractivity contribution in [2.24, 2.45) is 0 Å². The number of ether oxygens (including phenoxy) is 2. The maximum absolute atomic E-state index is 12.4. The lowest BCUT2D eigenvalue weighted by molar-refractivity contribution is -0.121. The number of amides is 2.